The predicted octanol–water partition coefficient (Wildman–Crippen LogP) is 4.44. The van der Waals surface area contributed by atoms with Crippen LogP contribution >= 0.6 is 11.3 Å². The number of alkyl halides is 3. The van der Waals surface area contributed by atoms with Crippen molar-refractivity contribution >= 4 is 23.0 Å². The van der Waals surface area contributed by atoms with Crippen molar-refractivity contribution in [1.29, 1.82) is 0 Å². The van der Waals surface area contributed by atoms with Crippen LogP contribution in [0.25, 0.3) is 10.7 Å². The number of halogens is 3. The smallest absolute Gasteiger partial charge is 0.383 e. The molecule has 1 saturated carbocycles. The summed E-state index contributed by atoms with van der Waals surface area (Å²) in [5.74, 6) is 0.750. The predicted molar refractivity (Wildman–Crippen MR) is 98.1 cm³/mol. The molecule has 10 heteroatoms. The fourth-order valence-electron chi connectivity index (χ4n) is 2.87. The average molecular weight is 407 g/mol. The number of thiazole rings is 1. The Bertz CT molecular complexity index is 1020. The summed E-state index contributed by atoms with van der Waals surface area (Å²) < 4.78 is 38.6. The van der Waals surface area contributed by atoms with Crippen LogP contribution in [0.1, 0.15) is 35.5 Å². The van der Waals surface area contributed by atoms with E-state index in [0.29, 0.717) is 40.1 Å². The molecule has 0 saturated heterocycles. The molecule has 28 heavy (non-hydrogen) atoms. The monoisotopic (exact) mass is 407 g/mol. The van der Waals surface area contributed by atoms with Gasteiger partial charge >= 0.3 is 6.18 Å². The number of aryl methyl sites for hydroxylation is 1. The first-order valence-electron chi connectivity index (χ1n) is 8.58. The highest BCUT2D eigenvalue weighted by atomic mass is 32.1. The van der Waals surface area contributed by atoms with Crippen molar-refractivity contribution in [3.63, 3.8) is 0 Å². The lowest BCUT2D eigenvalue weighted by Crippen LogP contribution is -2.33. The van der Waals surface area contributed by atoms with E-state index >= 15 is 0 Å². The fourth-order valence-corrected chi connectivity index (χ4v) is 3.86. The molecule has 0 amide bonds. The molecule has 3 heterocycles. The van der Waals surface area contributed by atoms with E-state index in [1.165, 1.54) is 11.3 Å². The highest BCUT2D eigenvalue weighted by Gasteiger charge is 2.39. The molecule has 1 fully saturated rings. The van der Waals surface area contributed by atoms with E-state index in [9.17, 15) is 18.3 Å². The minimum atomic E-state index is -4.45. The van der Waals surface area contributed by atoms with E-state index < -0.39 is 17.3 Å². The van der Waals surface area contributed by atoms with E-state index in [1.54, 1.807) is 19.2 Å². The molecule has 0 bridgehead atoms. The minimum Gasteiger partial charge on any atom is -0.383 e. The molecule has 0 aliphatic heterocycles. The maximum Gasteiger partial charge on any atom is 0.416 e. The topological polar surface area (TPSA) is 83.8 Å². The van der Waals surface area contributed by atoms with Crippen molar-refractivity contribution < 1.29 is 18.3 Å². The summed E-state index contributed by atoms with van der Waals surface area (Å²) in [6, 6.07) is 3.45. The van der Waals surface area contributed by atoms with Gasteiger partial charge in [-0.25, -0.2) is 19.9 Å². The Morgan fingerprint density at radius 1 is 1.14 bits per heavy atom. The zero-order chi connectivity index (χ0) is 19.9. The molecule has 2 N–H and O–H groups in total. The Hall–Kier alpha value is -2.59. The molecular formula is C18H16F3N5OS. The van der Waals surface area contributed by atoms with Gasteiger partial charge in [0.05, 0.1) is 10.4 Å². The Labute approximate surface area is 162 Å². The molecule has 0 unspecified atom stereocenters. The molecule has 0 aromatic carbocycles. The third-order valence-corrected chi connectivity index (χ3v) is 5.69. The van der Waals surface area contributed by atoms with Gasteiger partial charge in [0.15, 0.2) is 5.82 Å². The number of hydrogen-bond donors (Lipinski definition) is 2. The SMILES string of the molecule is Cc1cc(Nc2cc(C(F)(F)F)ccn2)nc(-c2cnc(C3(O)CCC3)s2)n1. The largest absolute Gasteiger partial charge is 0.416 e. The van der Waals surface area contributed by atoms with Crippen molar-refractivity contribution in [2.75, 3.05) is 5.32 Å². The first-order valence-corrected chi connectivity index (χ1v) is 9.40. The Kier molecular flexibility index (Phi) is 4.54. The zero-order valence-corrected chi connectivity index (χ0v) is 15.6. The molecule has 3 aromatic rings. The van der Waals surface area contributed by atoms with Crippen LogP contribution in [0, 0.1) is 6.92 Å². The second-order valence-corrected chi connectivity index (χ2v) is 7.72. The third-order valence-electron chi connectivity index (χ3n) is 4.50. The first kappa shape index (κ1) is 18.8. The molecule has 6 nitrogen and oxygen atoms in total. The Morgan fingerprint density at radius 2 is 1.93 bits per heavy atom. The van der Waals surface area contributed by atoms with Gasteiger partial charge in [0.25, 0.3) is 0 Å². The summed E-state index contributed by atoms with van der Waals surface area (Å²) in [5.41, 5.74) is -1.02. The van der Waals surface area contributed by atoms with Crippen LogP contribution in [0.15, 0.2) is 30.6 Å². The lowest BCUT2D eigenvalue weighted by molar-refractivity contribution is -0.137. The number of aliphatic hydroxyl groups is 1. The van der Waals surface area contributed by atoms with Gasteiger partial charge in [-0.15, -0.1) is 11.3 Å². The summed E-state index contributed by atoms with van der Waals surface area (Å²) in [7, 11) is 0. The molecule has 146 valence electrons. The molecule has 4 rings (SSSR count). The maximum atomic E-state index is 12.9. The second kappa shape index (κ2) is 6.78. The molecule has 0 spiro atoms. The number of pyridine rings is 1. The normalized spacial score (nSPS) is 15.9. The highest BCUT2D eigenvalue weighted by Crippen LogP contribution is 2.43. The Balaban J connectivity index is 1.61. The van der Waals surface area contributed by atoms with Crippen molar-refractivity contribution in [2.24, 2.45) is 0 Å². The van der Waals surface area contributed by atoms with E-state index in [1.807, 2.05) is 0 Å². The van der Waals surface area contributed by atoms with Crippen LogP contribution in [0.2, 0.25) is 0 Å². The van der Waals surface area contributed by atoms with Crippen LogP contribution in [-0.2, 0) is 11.8 Å². The van der Waals surface area contributed by atoms with E-state index in [4.69, 9.17) is 0 Å². The van der Waals surface area contributed by atoms with Gasteiger partial charge in [0, 0.05) is 24.2 Å². The van der Waals surface area contributed by atoms with Gasteiger partial charge in [-0.05, 0) is 38.3 Å². The van der Waals surface area contributed by atoms with Gasteiger partial charge < -0.3 is 10.4 Å². The Morgan fingerprint density at radius 3 is 2.61 bits per heavy atom. The van der Waals surface area contributed by atoms with E-state index in [2.05, 4.69) is 25.3 Å². The molecule has 1 aliphatic rings. The number of nitrogens with zero attached hydrogens (tertiary/aromatic N) is 4. The van der Waals surface area contributed by atoms with E-state index in [-0.39, 0.29) is 5.82 Å². The summed E-state index contributed by atoms with van der Waals surface area (Å²) in [4.78, 5) is 17.7. The van der Waals surface area contributed by atoms with Crippen LogP contribution < -0.4 is 5.32 Å². The number of hydrogen-bond acceptors (Lipinski definition) is 7. The highest BCUT2D eigenvalue weighted by molar-refractivity contribution is 7.15. The number of aromatic nitrogens is 4. The molecule has 0 radical (unpaired) electrons. The van der Waals surface area contributed by atoms with Gasteiger partial charge in [0.1, 0.15) is 22.2 Å². The maximum absolute atomic E-state index is 12.9. The molecular weight excluding hydrogens is 391 g/mol. The minimum absolute atomic E-state index is 0.0349. The van der Waals surface area contributed by atoms with Gasteiger partial charge in [-0.3, -0.25) is 0 Å². The van der Waals surface area contributed by atoms with Crippen LogP contribution in [-0.4, -0.2) is 25.0 Å². The first-order chi connectivity index (χ1) is 13.2. The lowest BCUT2D eigenvalue weighted by atomic mass is 9.81. The van der Waals surface area contributed by atoms with Crippen LogP contribution in [0.3, 0.4) is 0 Å². The lowest BCUT2D eigenvalue weighted by Gasteiger charge is -2.34. The van der Waals surface area contributed by atoms with Gasteiger partial charge in [0.2, 0.25) is 0 Å². The van der Waals surface area contributed by atoms with Gasteiger partial charge in [-0.2, -0.15) is 13.2 Å². The number of anilines is 2. The van der Waals surface area contributed by atoms with Crippen LogP contribution in [0.5, 0.6) is 0 Å². The van der Waals surface area contributed by atoms with Crippen LogP contribution in [0.4, 0.5) is 24.8 Å². The van der Waals surface area contributed by atoms with Crippen molar-refractivity contribution in [1.82, 2.24) is 19.9 Å². The van der Waals surface area contributed by atoms with Crippen molar-refractivity contribution in [3.05, 3.63) is 46.9 Å². The summed E-state index contributed by atoms with van der Waals surface area (Å²) >= 11 is 1.32. The van der Waals surface area contributed by atoms with Crippen molar-refractivity contribution in [3.8, 4) is 10.7 Å². The zero-order valence-electron chi connectivity index (χ0n) is 14.8. The summed E-state index contributed by atoms with van der Waals surface area (Å²) in [6.07, 6.45) is 0.578. The van der Waals surface area contributed by atoms with E-state index in [0.717, 1.165) is 24.8 Å². The number of nitrogens with one attached hydrogen (secondary N) is 1. The quantitative estimate of drug-likeness (QED) is 0.665. The second-order valence-electron chi connectivity index (χ2n) is 6.69. The molecule has 1 aliphatic carbocycles. The molecule has 3 aromatic heterocycles. The summed E-state index contributed by atoms with van der Waals surface area (Å²) in [5, 5.41) is 13.9. The van der Waals surface area contributed by atoms with Gasteiger partial charge in [-0.1, -0.05) is 0 Å². The average Bonchev–Trinajstić information content (AvgIpc) is 3.09. The molecule has 0 atom stereocenters. The van der Waals surface area contributed by atoms with Crippen molar-refractivity contribution in [2.45, 2.75) is 38.0 Å². The summed E-state index contributed by atoms with van der Waals surface area (Å²) in [6.45, 7) is 1.76. The number of rotatable bonds is 4. The standard InChI is InChI=1S/C18H16F3N5OS/c1-10-7-14(25-13-8-11(3-6-22-13)18(19,20)21)26-15(24-10)12-9-23-16(28-12)17(27)4-2-5-17/h3,6-9,27H,2,4-5H2,1H3,(H,22,24,25,26). The third kappa shape index (κ3) is 3.69. The fraction of sp³-hybridized carbons (Fsp3) is 0.333.